The summed E-state index contributed by atoms with van der Waals surface area (Å²) in [5.41, 5.74) is 15.0. The number of nitrogens with two attached hydrogens (primary N) is 2. The number of aromatic nitrogens is 3. The van der Waals surface area contributed by atoms with Crippen molar-refractivity contribution < 1.29 is 0 Å². The maximum atomic E-state index is 5.88. The third kappa shape index (κ3) is 2.86. The van der Waals surface area contributed by atoms with Gasteiger partial charge in [0.2, 0.25) is 5.95 Å². The second kappa shape index (κ2) is 5.57. The highest BCUT2D eigenvalue weighted by atomic mass is 15.0. The van der Waals surface area contributed by atoms with E-state index in [1.54, 1.807) is 6.20 Å². The molecule has 0 aliphatic rings. The average molecular weight is 267 g/mol. The number of hydrogen-bond donors (Lipinski definition) is 2. The molecule has 0 aliphatic heterocycles. The van der Waals surface area contributed by atoms with Gasteiger partial charge >= 0.3 is 0 Å². The van der Waals surface area contributed by atoms with Gasteiger partial charge in [0, 0.05) is 24.4 Å². The van der Waals surface area contributed by atoms with E-state index >= 15 is 0 Å². The van der Waals surface area contributed by atoms with Crippen LogP contribution in [0.3, 0.4) is 0 Å². The molecule has 2 rings (SSSR count). The largest absolute Gasteiger partial charge is 0.383 e. The second-order valence-corrected chi connectivity index (χ2v) is 4.88. The summed E-state index contributed by atoms with van der Waals surface area (Å²) < 4.78 is 0. The standard InChI is InChI=1S/C15H17N5/c1-4-12-6-10(13(8-18-12)9(2)3)5-11-7-19-15(17)20-14(11)16/h1,6-9H,5H2,2-3H3,(H4,16,17,19,20). The Bertz CT molecular complexity index is 670. The highest BCUT2D eigenvalue weighted by Crippen LogP contribution is 2.23. The third-order valence-electron chi connectivity index (χ3n) is 3.09. The van der Waals surface area contributed by atoms with E-state index in [-0.39, 0.29) is 5.95 Å². The van der Waals surface area contributed by atoms with Crippen molar-refractivity contribution in [2.75, 3.05) is 11.5 Å². The fourth-order valence-corrected chi connectivity index (χ4v) is 2.04. The average Bonchev–Trinajstić information content (AvgIpc) is 2.41. The van der Waals surface area contributed by atoms with Crippen molar-refractivity contribution in [3.8, 4) is 12.3 Å². The van der Waals surface area contributed by atoms with Crippen LogP contribution in [-0.4, -0.2) is 15.0 Å². The summed E-state index contributed by atoms with van der Waals surface area (Å²) in [6.07, 6.45) is 9.49. The van der Waals surface area contributed by atoms with Crippen molar-refractivity contribution in [1.29, 1.82) is 0 Å². The summed E-state index contributed by atoms with van der Waals surface area (Å²) in [6, 6.07) is 1.91. The first-order valence-electron chi connectivity index (χ1n) is 6.33. The van der Waals surface area contributed by atoms with E-state index in [1.807, 2.05) is 12.3 Å². The van der Waals surface area contributed by atoms with Crippen LogP contribution in [0.5, 0.6) is 0 Å². The van der Waals surface area contributed by atoms with Crippen LogP contribution in [0.4, 0.5) is 11.8 Å². The zero-order valence-corrected chi connectivity index (χ0v) is 11.6. The molecule has 2 heterocycles. The van der Waals surface area contributed by atoms with E-state index in [1.165, 1.54) is 0 Å². The van der Waals surface area contributed by atoms with Gasteiger partial charge in [-0.25, -0.2) is 9.97 Å². The van der Waals surface area contributed by atoms with Gasteiger partial charge in [-0.15, -0.1) is 6.42 Å². The van der Waals surface area contributed by atoms with E-state index in [4.69, 9.17) is 17.9 Å². The Morgan fingerprint density at radius 2 is 1.95 bits per heavy atom. The molecular formula is C15H17N5. The molecule has 5 heteroatoms. The van der Waals surface area contributed by atoms with Crippen LogP contribution >= 0.6 is 0 Å². The lowest BCUT2D eigenvalue weighted by molar-refractivity contribution is 0.837. The second-order valence-electron chi connectivity index (χ2n) is 4.88. The number of anilines is 2. The topological polar surface area (TPSA) is 90.7 Å². The van der Waals surface area contributed by atoms with Crippen molar-refractivity contribution in [2.45, 2.75) is 26.2 Å². The van der Waals surface area contributed by atoms with Crippen molar-refractivity contribution >= 4 is 11.8 Å². The Labute approximate surface area is 118 Å². The summed E-state index contributed by atoms with van der Waals surface area (Å²) in [7, 11) is 0. The molecule has 20 heavy (non-hydrogen) atoms. The van der Waals surface area contributed by atoms with Gasteiger partial charge in [-0.05, 0) is 23.1 Å². The molecule has 0 aromatic carbocycles. The Kier molecular flexibility index (Phi) is 3.85. The maximum Gasteiger partial charge on any atom is 0.221 e. The van der Waals surface area contributed by atoms with Gasteiger partial charge in [0.05, 0.1) is 0 Å². The van der Waals surface area contributed by atoms with Gasteiger partial charge in [0.1, 0.15) is 11.5 Å². The molecular weight excluding hydrogens is 250 g/mol. The first kappa shape index (κ1) is 13.8. The minimum atomic E-state index is 0.175. The predicted molar refractivity (Wildman–Crippen MR) is 79.9 cm³/mol. The Morgan fingerprint density at radius 3 is 2.55 bits per heavy atom. The first-order chi connectivity index (χ1) is 9.51. The molecule has 0 bridgehead atoms. The summed E-state index contributed by atoms with van der Waals surface area (Å²) in [6.45, 7) is 4.22. The highest BCUT2D eigenvalue weighted by molar-refractivity contribution is 5.46. The first-order valence-corrected chi connectivity index (χ1v) is 6.33. The zero-order chi connectivity index (χ0) is 14.7. The van der Waals surface area contributed by atoms with Gasteiger partial charge in [0.25, 0.3) is 0 Å². The van der Waals surface area contributed by atoms with Crippen molar-refractivity contribution in [3.63, 3.8) is 0 Å². The number of nitrogen functional groups attached to an aromatic ring is 2. The van der Waals surface area contributed by atoms with Crippen LogP contribution in [0.1, 0.15) is 42.1 Å². The molecule has 0 spiro atoms. The lowest BCUT2D eigenvalue weighted by Crippen LogP contribution is -2.06. The highest BCUT2D eigenvalue weighted by Gasteiger charge is 2.11. The summed E-state index contributed by atoms with van der Waals surface area (Å²) >= 11 is 0. The maximum absolute atomic E-state index is 5.88. The summed E-state index contributed by atoms with van der Waals surface area (Å²) in [5, 5.41) is 0. The van der Waals surface area contributed by atoms with Crippen LogP contribution < -0.4 is 11.5 Å². The van der Waals surface area contributed by atoms with E-state index in [0.717, 1.165) is 16.7 Å². The zero-order valence-electron chi connectivity index (χ0n) is 11.6. The molecule has 102 valence electrons. The predicted octanol–water partition coefficient (Wildman–Crippen LogP) is 1.73. The van der Waals surface area contributed by atoms with Gasteiger partial charge in [-0.3, -0.25) is 0 Å². The molecule has 5 nitrogen and oxygen atoms in total. The Hall–Kier alpha value is -2.61. The van der Waals surface area contributed by atoms with Gasteiger partial charge in [-0.1, -0.05) is 19.8 Å². The molecule has 0 saturated heterocycles. The van der Waals surface area contributed by atoms with Crippen molar-refractivity contribution in [3.05, 3.63) is 40.8 Å². The van der Waals surface area contributed by atoms with E-state index in [2.05, 4.69) is 34.7 Å². The quantitative estimate of drug-likeness (QED) is 0.826. The van der Waals surface area contributed by atoms with Crippen LogP contribution in [0.2, 0.25) is 0 Å². The summed E-state index contributed by atoms with van der Waals surface area (Å²) in [4.78, 5) is 12.2. The molecule has 0 unspecified atom stereocenters. The Morgan fingerprint density at radius 1 is 1.20 bits per heavy atom. The SMILES string of the molecule is C#Cc1cc(Cc2cnc(N)nc2N)c(C(C)C)cn1. The van der Waals surface area contributed by atoms with Crippen LogP contribution in [0.15, 0.2) is 18.5 Å². The van der Waals surface area contributed by atoms with Gasteiger partial charge in [0.15, 0.2) is 0 Å². The minimum Gasteiger partial charge on any atom is -0.383 e. The fraction of sp³-hybridized carbons (Fsp3) is 0.267. The van der Waals surface area contributed by atoms with Crippen LogP contribution in [-0.2, 0) is 6.42 Å². The lowest BCUT2D eigenvalue weighted by Gasteiger charge is -2.13. The fourth-order valence-electron chi connectivity index (χ4n) is 2.04. The van der Waals surface area contributed by atoms with Gasteiger partial charge in [-0.2, -0.15) is 4.98 Å². The molecule has 2 aromatic rings. The van der Waals surface area contributed by atoms with Crippen LogP contribution in [0.25, 0.3) is 0 Å². The monoisotopic (exact) mass is 267 g/mol. The Balaban J connectivity index is 2.43. The number of terminal acetylenes is 1. The van der Waals surface area contributed by atoms with Crippen LogP contribution in [0, 0.1) is 12.3 Å². The van der Waals surface area contributed by atoms with Crippen molar-refractivity contribution in [2.24, 2.45) is 0 Å². The van der Waals surface area contributed by atoms with E-state index in [0.29, 0.717) is 23.9 Å². The molecule has 4 N–H and O–H groups in total. The third-order valence-corrected chi connectivity index (χ3v) is 3.09. The molecule has 0 amide bonds. The normalized spacial score (nSPS) is 10.5. The summed E-state index contributed by atoms with van der Waals surface area (Å²) in [5.74, 6) is 3.47. The smallest absolute Gasteiger partial charge is 0.221 e. The molecule has 0 radical (unpaired) electrons. The van der Waals surface area contributed by atoms with Crippen molar-refractivity contribution in [1.82, 2.24) is 15.0 Å². The number of nitrogens with zero attached hydrogens (tertiary/aromatic N) is 3. The number of pyridine rings is 1. The molecule has 0 atom stereocenters. The number of rotatable bonds is 3. The van der Waals surface area contributed by atoms with E-state index in [9.17, 15) is 0 Å². The van der Waals surface area contributed by atoms with Gasteiger partial charge < -0.3 is 11.5 Å². The molecule has 0 saturated carbocycles. The van der Waals surface area contributed by atoms with E-state index < -0.39 is 0 Å². The molecule has 0 aliphatic carbocycles. The molecule has 2 aromatic heterocycles. The minimum absolute atomic E-state index is 0.175. The lowest BCUT2D eigenvalue weighted by atomic mass is 9.94. The number of hydrogen-bond acceptors (Lipinski definition) is 5. The molecule has 0 fully saturated rings.